The number of rotatable bonds is 5. The number of methoxy groups -OCH3 is 1. The molecule has 0 aliphatic carbocycles. The van der Waals surface area contributed by atoms with E-state index in [1.54, 1.807) is 14.2 Å². The summed E-state index contributed by atoms with van der Waals surface area (Å²) in [6.07, 6.45) is 2.46. The van der Waals surface area contributed by atoms with Crippen molar-refractivity contribution in [3.8, 4) is 17.1 Å². The molecule has 0 bridgehead atoms. The third-order valence-electron chi connectivity index (χ3n) is 5.28. The topological polar surface area (TPSA) is 96.9 Å². The summed E-state index contributed by atoms with van der Waals surface area (Å²) in [5, 5.41) is 10.7. The first kappa shape index (κ1) is 19.7. The van der Waals surface area contributed by atoms with Gasteiger partial charge in [0.15, 0.2) is 11.8 Å². The van der Waals surface area contributed by atoms with Gasteiger partial charge in [-0.1, -0.05) is 0 Å². The first-order valence-electron chi connectivity index (χ1n) is 10.0. The van der Waals surface area contributed by atoms with E-state index in [9.17, 15) is 0 Å². The molecule has 2 atom stereocenters. The number of ether oxygens (including phenoxy) is 3. The number of nitrogens with one attached hydrogen (secondary N) is 2. The van der Waals surface area contributed by atoms with Gasteiger partial charge in [0.25, 0.3) is 0 Å². The molecule has 2 aromatic rings. The van der Waals surface area contributed by atoms with Crippen LogP contribution in [0.15, 0.2) is 29.3 Å². The maximum absolute atomic E-state index is 5.93. The van der Waals surface area contributed by atoms with E-state index in [1.165, 1.54) is 0 Å². The summed E-state index contributed by atoms with van der Waals surface area (Å²) < 4.78 is 16.9. The quantitative estimate of drug-likeness (QED) is 0.579. The number of H-pyrrole nitrogens is 1. The monoisotopic (exact) mass is 400 g/mol. The molecule has 2 N–H and O–H groups in total. The molecule has 1 aromatic heterocycles. The van der Waals surface area contributed by atoms with E-state index in [-0.39, 0.29) is 12.2 Å². The maximum atomic E-state index is 5.93. The fourth-order valence-corrected chi connectivity index (χ4v) is 3.73. The zero-order chi connectivity index (χ0) is 20.1. The van der Waals surface area contributed by atoms with Crippen molar-refractivity contribution in [1.29, 1.82) is 0 Å². The second-order valence-corrected chi connectivity index (χ2v) is 7.14. The highest BCUT2D eigenvalue weighted by Gasteiger charge is 2.32. The van der Waals surface area contributed by atoms with E-state index in [0.29, 0.717) is 19.0 Å². The summed E-state index contributed by atoms with van der Waals surface area (Å²) in [7, 11) is 3.44. The highest BCUT2D eigenvalue weighted by atomic mass is 16.5. The molecule has 2 unspecified atom stereocenters. The van der Waals surface area contributed by atoms with Crippen molar-refractivity contribution in [2.45, 2.75) is 31.6 Å². The molecular weight excluding hydrogens is 372 g/mol. The third-order valence-corrected chi connectivity index (χ3v) is 5.28. The Morgan fingerprint density at radius 1 is 1.28 bits per heavy atom. The van der Waals surface area contributed by atoms with E-state index in [4.69, 9.17) is 14.2 Å². The largest absolute Gasteiger partial charge is 0.497 e. The second kappa shape index (κ2) is 9.23. The Morgan fingerprint density at radius 3 is 2.83 bits per heavy atom. The smallest absolute Gasteiger partial charge is 0.194 e. The molecule has 0 radical (unpaired) electrons. The Hall–Kier alpha value is -2.65. The van der Waals surface area contributed by atoms with E-state index in [0.717, 1.165) is 55.6 Å². The average molecular weight is 400 g/mol. The van der Waals surface area contributed by atoms with Crippen LogP contribution in [0.1, 0.15) is 18.7 Å². The van der Waals surface area contributed by atoms with Crippen molar-refractivity contribution in [2.24, 2.45) is 4.99 Å². The van der Waals surface area contributed by atoms with Crippen LogP contribution in [-0.2, 0) is 16.0 Å². The Labute approximate surface area is 170 Å². The Bertz CT molecular complexity index is 816. The van der Waals surface area contributed by atoms with Gasteiger partial charge in [-0.2, -0.15) is 5.10 Å². The molecule has 2 fully saturated rings. The summed E-state index contributed by atoms with van der Waals surface area (Å²) in [4.78, 5) is 11.2. The number of guanidine groups is 1. The summed E-state index contributed by atoms with van der Waals surface area (Å²) in [6.45, 7) is 3.60. The van der Waals surface area contributed by atoms with Crippen LogP contribution < -0.4 is 10.1 Å². The molecule has 29 heavy (non-hydrogen) atoms. The molecule has 156 valence electrons. The van der Waals surface area contributed by atoms with Crippen LogP contribution in [0.2, 0.25) is 0 Å². The van der Waals surface area contributed by atoms with Crippen molar-refractivity contribution in [2.75, 3.05) is 40.5 Å². The SMILES string of the molecule is CN=C(NCc1nc(-c2ccc(OC)cc2)n[nH]1)N1CCOC(C2CCCO2)C1. The first-order valence-corrected chi connectivity index (χ1v) is 10.0. The van der Waals surface area contributed by atoms with Gasteiger partial charge in [0.1, 0.15) is 17.7 Å². The highest BCUT2D eigenvalue weighted by molar-refractivity contribution is 5.80. The zero-order valence-electron chi connectivity index (χ0n) is 16.9. The van der Waals surface area contributed by atoms with Gasteiger partial charge in [0.2, 0.25) is 0 Å². The van der Waals surface area contributed by atoms with Gasteiger partial charge in [0, 0.05) is 32.3 Å². The molecule has 2 aliphatic heterocycles. The number of hydrogen-bond acceptors (Lipinski definition) is 6. The maximum Gasteiger partial charge on any atom is 0.194 e. The van der Waals surface area contributed by atoms with Crippen LogP contribution in [0, 0.1) is 0 Å². The van der Waals surface area contributed by atoms with Gasteiger partial charge in [-0.3, -0.25) is 10.1 Å². The minimum atomic E-state index is 0.0942. The number of aromatic nitrogens is 3. The number of benzene rings is 1. The number of aromatic amines is 1. The highest BCUT2D eigenvalue weighted by Crippen LogP contribution is 2.21. The number of hydrogen-bond donors (Lipinski definition) is 2. The number of aliphatic imine (C=N–C) groups is 1. The predicted octanol–water partition coefficient (Wildman–Crippen LogP) is 1.44. The Morgan fingerprint density at radius 2 is 2.10 bits per heavy atom. The zero-order valence-corrected chi connectivity index (χ0v) is 16.9. The normalized spacial score (nSPS) is 22.7. The molecule has 2 aliphatic rings. The van der Waals surface area contributed by atoms with Gasteiger partial charge < -0.3 is 24.4 Å². The molecule has 0 spiro atoms. The summed E-state index contributed by atoms with van der Waals surface area (Å²) in [5.74, 6) is 3.05. The minimum absolute atomic E-state index is 0.0942. The third kappa shape index (κ3) is 4.68. The lowest BCUT2D eigenvalue weighted by atomic mass is 10.1. The molecular formula is C20H28N6O3. The first-order chi connectivity index (χ1) is 14.3. The fraction of sp³-hybridized carbons (Fsp3) is 0.550. The molecule has 9 nitrogen and oxygen atoms in total. The summed E-state index contributed by atoms with van der Waals surface area (Å²) >= 11 is 0. The van der Waals surface area contributed by atoms with E-state index >= 15 is 0 Å². The van der Waals surface area contributed by atoms with E-state index in [1.807, 2.05) is 24.3 Å². The summed E-state index contributed by atoms with van der Waals surface area (Å²) in [5.41, 5.74) is 0.935. The number of morpholine rings is 1. The van der Waals surface area contributed by atoms with Crippen molar-refractivity contribution < 1.29 is 14.2 Å². The minimum Gasteiger partial charge on any atom is -0.497 e. The van der Waals surface area contributed by atoms with Gasteiger partial charge in [0.05, 0.1) is 26.4 Å². The summed E-state index contributed by atoms with van der Waals surface area (Å²) in [6, 6.07) is 7.68. The standard InChI is InChI=1S/C20H28N6O3/c1-21-20(26-9-11-29-17(13-26)16-4-3-10-28-16)22-12-18-23-19(25-24-18)14-5-7-15(27-2)8-6-14/h5-8,16-17H,3-4,9-13H2,1-2H3,(H,21,22)(H,23,24,25). The van der Waals surface area contributed by atoms with Gasteiger partial charge in [-0.05, 0) is 37.1 Å². The van der Waals surface area contributed by atoms with Crippen molar-refractivity contribution in [3.05, 3.63) is 30.1 Å². The van der Waals surface area contributed by atoms with Crippen LogP contribution in [-0.4, -0.2) is 78.7 Å². The second-order valence-electron chi connectivity index (χ2n) is 7.14. The molecule has 0 saturated carbocycles. The predicted molar refractivity (Wildman–Crippen MR) is 109 cm³/mol. The van der Waals surface area contributed by atoms with Gasteiger partial charge in [-0.15, -0.1) is 0 Å². The molecule has 1 aromatic carbocycles. The van der Waals surface area contributed by atoms with Crippen LogP contribution in [0.3, 0.4) is 0 Å². The van der Waals surface area contributed by atoms with Gasteiger partial charge in [-0.25, -0.2) is 4.98 Å². The molecule has 3 heterocycles. The van der Waals surface area contributed by atoms with Crippen molar-refractivity contribution >= 4 is 5.96 Å². The van der Waals surface area contributed by atoms with Crippen LogP contribution in [0.25, 0.3) is 11.4 Å². The lowest BCUT2D eigenvalue weighted by molar-refractivity contribution is -0.0817. The lowest BCUT2D eigenvalue weighted by Gasteiger charge is -2.37. The molecule has 4 rings (SSSR count). The molecule has 2 saturated heterocycles. The number of nitrogens with zero attached hydrogens (tertiary/aromatic N) is 4. The van der Waals surface area contributed by atoms with E-state index in [2.05, 4.69) is 30.4 Å². The lowest BCUT2D eigenvalue weighted by Crippen LogP contribution is -2.53. The van der Waals surface area contributed by atoms with Crippen LogP contribution in [0.5, 0.6) is 5.75 Å². The van der Waals surface area contributed by atoms with Crippen LogP contribution >= 0.6 is 0 Å². The Kier molecular flexibility index (Phi) is 6.26. The van der Waals surface area contributed by atoms with E-state index < -0.39 is 0 Å². The Balaban J connectivity index is 1.34. The van der Waals surface area contributed by atoms with Crippen molar-refractivity contribution in [3.63, 3.8) is 0 Å². The fourth-order valence-electron chi connectivity index (χ4n) is 3.73. The van der Waals surface area contributed by atoms with Crippen LogP contribution in [0.4, 0.5) is 0 Å². The average Bonchev–Trinajstić information content (AvgIpc) is 3.47. The molecule has 0 amide bonds. The molecule has 9 heteroatoms. The van der Waals surface area contributed by atoms with Gasteiger partial charge >= 0.3 is 0 Å². The van der Waals surface area contributed by atoms with Crippen molar-refractivity contribution in [1.82, 2.24) is 25.4 Å².